The first-order valence-electron chi connectivity index (χ1n) is 9.34. The van der Waals surface area contributed by atoms with E-state index < -0.39 is 0 Å². The molecular weight excluding hydrogens is 288 g/mol. The molecule has 0 saturated heterocycles. The minimum atomic E-state index is 0.0337. The summed E-state index contributed by atoms with van der Waals surface area (Å²) in [6, 6.07) is 18.2. The van der Waals surface area contributed by atoms with Crippen molar-refractivity contribution in [3.63, 3.8) is 0 Å². The van der Waals surface area contributed by atoms with Gasteiger partial charge in [0.05, 0.1) is 0 Å². The maximum absolute atomic E-state index is 2.31. The number of hydrogen-bond acceptors (Lipinski definition) is 0. The lowest BCUT2D eigenvalue weighted by atomic mass is 9.76. The molecule has 132 valence electrons. The van der Waals surface area contributed by atoms with Crippen LogP contribution < -0.4 is 0 Å². The lowest BCUT2D eigenvalue weighted by Crippen LogP contribution is -2.19. The third kappa shape index (κ3) is 4.72. The fraction of sp³-hybridized carbons (Fsp3) is 0.500. The minimum absolute atomic E-state index is 0.0337. The van der Waals surface area contributed by atoms with Crippen LogP contribution in [0, 0.1) is 0 Å². The van der Waals surface area contributed by atoms with Crippen LogP contribution in [0.15, 0.2) is 48.5 Å². The van der Waals surface area contributed by atoms with Crippen LogP contribution in [-0.2, 0) is 10.8 Å². The molecule has 0 radical (unpaired) electrons. The Kier molecular flexibility index (Phi) is 6.84. The van der Waals surface area contributed by atoms with Gasteiger partial charge in [0.15, 0.2) is 0 Å². The Morgan fingerprint density at radius 1 is 0.583 bits per heavy atom. The second-order valence-electron chi connectivity index (χ2n) is 8.23. The van der Waals surface area contributed by atoms with Gasteiger partial charge in [0.25, 0.3) is 0 Å². The van der Waals surface area contributed by atoms with E-state index in [9.17, 15) is 0 Å². The molecule has 0 fully saturated rings. The van der Waals surface area contributed by atoms with Gasteiger partial charge in [0.2, 0.25) is 0 Å². The van der Waals surface area contributed by atoms with E-state index in [2.05, 4.69) is 97.0 Å². The van der Waals surface area contributed by atoms with E-state index in [1.165, 1.54) is 22.3 Å². The third-order valence-corrected chi connectivity index (χ3v) is 4.77. The van der Waals surface area contributed by atoms with E-state index in [1.807, 2.05) is 13.8 Å². The van der Waals surface area contributed by atoms with Gasteiger partial charge in [-0.1, -0.05) is 111 Å². The molecule has 24 heavy (non-hydrogen) atoms. The summed E-state index contributed by atoms with van der Waals surface area (Å²) in [6.45, 7) is 19.9. The topological polar surface area (TPSA) is 0 Å². The van der Waals surface area contributed by atoms with Crippen molar-refractivity contribution in [3.8, 4) is 0 Å². The lowest BCUT2D eigenvalue weighted by Gasteiger charge is -2.28. The average molecular weight is 325 g/mol. The van der Waals surface area contributed by atoms with Crippen molar-refractivity contribution in [1.29, 1.82) is 0 Å². The Morgan fingerprint density at radius 2 is 0.917 bits per heavy atom. The zero-order valence-corrected chi connectivity index (χ0v) is 17.2. The van der Waals surface area contributed by atoms with Crippen LogP contribution in [0.4, 0.5) is 0 Å². The van der Waals surface area contributed by atoms with Gasteiger partial charge in [-0.3, -0.25) is 0 Å². The Labute approximate surface area is 150 Å². The van der Waals surface area contributed by atoms with Crippen LogP contribution in [0.3, 0.4) is 0 Å². The van der Waals surface area contributed by atoms with E-state index in [-0.39, 0.29) is 10.8 Å². The SMILES string of the molecule is CC.CC(C)c1ccc(C(C)(C)c2ccc(C(C)(C)C)cc2)cc1. The van der Waals surface area contributed by atoms with Crippen molar-refractivity contribution >= 4 is 0 Å². The van der Waals surface area contributed by atoms with E-state index in [0.29, 0.717) is 5.92 Å². The van der Waals surface area contributed by atoms with Crippen molar-refractivity contribution in [2.24, 2.45) is 0 Å². The van der Waals surface area contributed by atoms with E-state index in [4.69, 9.17) is 0 Å². The van der Waals surface area contributed by atoms with Crippen molar-refractivity contribution in [1.82, 2.24) is 0 Å². The van der Waals surface area contributed by atoms with E-state index in [1.54, 1.807) is 0 Å². The van der Waals surface area contributed by atoms with Crippen molar-refractivity contribution < 1.29 is 0 Å². The minimum Gasteiger partial charge on any atom is -0.0683 e. The van der Waals surface area contributed by atoms with Gasteiger partial charge >= 0.3 is 0 Å². The first-order chi connectivity index (χ1) is 11.1. The summed E-state index contributed by atoms with van der Waals surface area (Å²) < 4.78 is 0. The zero-order chi connectivity index (χ0) is 18.5. The fourth-order valence-electron chi connectivity index (χ4n) is 2.84. The standard InChI is InChI=1S/C22H30.C2H6/c1-16(2)17-8-10-19(11-9-17)22(6,7)20-14-12-18(13-15-20)21(3,4)5;1-2/h8-16H,1-7H3;1-2H3. The molecular formula is C24H36. The predicted molar refractivity (Wildman–Crippen MR) is 109 cm³/mol. The monoisotopic (exact) mass is 324 g/mol. The van der Waals surface area contributed by atoms with E-state index >= 15 is 0 Å². The molecule has 0 nitrogen and oxygen atoms in total. The molecule has 2 rings (SSSR count). The highest BCUT2D eigenvalue weighted by molar-refractivity contribution is 5.41. The molecule has 0 aliphatic heterocycles. The normalized spacial score (nSPS) is 11.9. The molecule has 2 aromatic rings. The molecule has 0 heterocycles. The largest absolute Gasteiger partial charge is 0.0683 e. The number of hydrogen-bond donors (Lipinski definition) is 0. The molecule has 0 bridgehead atoms. The summed E-state index contributed by atoms with van der Waals surface area (Å²) in [5.74, 6) is 0.586. The molecule has 0 N–H and O–H groups in total. The molecule has 0 spiro atoms. The van der Waals surface area contributed by atoms with Crippen LogP contribution >= 0.6 is 0 Å². The second-order valence-corrected chi connectivity index (χ2v) is 8.23. The second kappa shape index (κ2) is 8.01. The van der Waals surface area contributed by atoms with Gasteiger partial charge in [-0.15, -0.1) is 0 Å². The van der Waals surface area contributed by atoms with Crippen molar-refractivity contribution in [3.05, 3.63) is 70.8 Å². The van der Waals surface area contributed by atoms with Crippen LogP contribution in [0.25, 0.3) is 0 Å². The molecule has 0 heteroatoms. The Hall–Kier alpha value is -1.56. The van der Waals surface area contributed by atoms with Crippen molar-refractivity contribution in [2.75, 3.05) is 0 Å². The summed E-state index contributed by atoms with van der Waals surface area (Å²) in [5, 5.41) is 0. The quantitative estimate of drug-likeness (QED) is 0.549. The van der Waals surface area contributed by atoms with Gasteiger partial charge in [0.1, 0.15) is 0 Å². The van der Waals surface area contributed by atoms with Crippen molar-refractivity contribution in [2.45, 2.75) is 79.1 Å². The molecule has 0 aliphatic carbocycles. The van der Waals surface area contributed by atoms with Crippen LogP contribution in [0.5, 0.6) is 0 Å². The number of benzene rings is 2. The Bertz CT molecular complexity index is 605. The summed E-state index contributed by atoms with van der Waals surface area (Å²) in [7, 11) is 0. The molecule has 0 aromatic heterocycles. The van der Waals surface area contributed by atoms with Gasteiger partial charge in [0, 0.05) is 5.41 Å². The summed E-state index contributed by atoms with van der Waals surface area (Å²) in [6.07, 6.45) is 0. The molecule has 0 amide bonds. The average Bonchev–Trinajstić information content (AvgIpc) is 2.56. The highest BCUT2D eigenvalue weighted by atomic mass is 14.3. The fourth-order valence-corrected chi connectivity index (χ4v) is 2.84. The van der Waals surface area contributed by atoms with Crippen LogP contribution in [-0.4, -0.2) is 0 Å². The smallest absolute Gasteiger partial charge is 0.0146 e. The maximum atomic E-state index is 2.31. The lowest BCUT2D eigenvalue weighted by molar-refractivity contribution is 0.587. The maximum Gasteiger partial charge on any atom is 0.0146 e. The summed E-state index contributed by atoms with van der Waals surface area (Å²) in [4.78, 5) is 0. The van der Waals surface area contributed by atoms with Gasteiger partial charge in [-0.2, -0.15) is 0 Å². The zero-order valence-electron chi connectivity index (χ0n) is 17.2. The summed E-state index contributed by atoms with van der Waals surface area (Å²) in [5.41, 5.74) is 5.79. The molecule has 0 atom stereocenters. The molecule has 0 saturated carbocycles. The Balaban J connectivity index is 0.00000139. The van der Waals surface area contributed by atoms with Crippen LogP contribution in [0.1, 0.15) is 90.5 Å². The number of rotatable bonds is 3. The Morgan fingerprint density at radius 3 is 1.25 bits per heavy atom. The molecule has 0 unspecified atom stereocenters. The first kappa shape index (κ1) is 20.5. The predicted octanol–water partition coefficient (Wildman–Crippen LogP) is 7.46. The summed E-state index contributed by atoms with van der Waals surface area (Å²) >= 11 is 0. The first-order valence-corrected chi connectivity index (χ1v) is 9.34. The van der Waals surface area contributed by atoms with Crippen LogP contribution in [0.2, 0.25) is 0 Å². The molecule has 0 aliphatic rings. The van der Waals surface area contributed by atoms with Gasteiger partial charge in [-0.25, -0.2) is 0 Å². The molecule has 2 aromatic carbocycles. The highest BCUT2D eigenvalue weighted by Gasteiger charge is 2.24. The third-order valence-electron chi connectivity index (χ3n) is 4.77. The van der Waals surface area contributed by atoms with Gasteiger partial charge < -0.3 is 0 Å². The van der Waals surface area contributed by atoms with Gasteiger partial charge in [-0.05, 0) is 33.6 Å². The van der Waals surface area contributed by atoms with E-state index in [0.717, 1.165) is 0 Å². The highest BCUT2D eigenvalue weighted by Crippen LogP contribution is 2.33.